The van der Waals surface area contributed by atoms with Crippen LogP contribution in [0.3, 0.4) is 0 Å². The maximum absolute atomic E-state index is 11.3. The van der Waals surface area contributed by atoms with Crippen LogP contribution in [0.2, 0.25) is 5.02 Å². The van der Waals surface area contributed by atoms with Gasteiger partial charge in [-0.2, -0.15) is 0 Å². The molecule has 0 fully saturated rings. The predicted octanol–water partition coefficient (Wildman–Crippen LogP) is 1.65. The summed E-state index contributed by atoms with van der Waals surface area (Å²) < 4.78 is 9.50. The average Bonchev–Trinajstić information content (AvgIpc) is 2.31. The fourth-order valence-electron chi connectivity index (χ4n) is 1.31. The minimum absolute atomic E-state index is 0.0483. The molecule has 94 valence electrons. The molecule has 0 amide bonds. The number of aliphatic hydroxyl groups is 1. The first-order valence-electron chi connectivity index (χ1n) is 4.92. The summed E-state index contributed by atoms with van der Waals surface area (Å²) in [4.78, 5) is 11.3. The fourth-order valence-corrected chi connectivity index (χ4v) is 1.52. The summed E-state index contributed by atoms with van der Waals surface area (Å²) in [6.07, 6.45) is -1.59. The van der Waals surface area contributed by atoms with Crippen LogP contribution in [-0.4, -0.2) is 29.9 Å². The summed E-state index contributed by atoms with van der Waals surface area (Å²) in [5.41, 5.74) is -0.0483. The van der Waals surface area contributed by atoms with Crippen LogP contribution in [0.4, 0.5) is 0 Å². The third-order valence-electron chi connectivity index (χ3n) is 2.09. The van der Waals surface area contributed by atoms with E-state index in [1.165, 1.54) is 19.2 Å². The standard InChI is InChI=1S/C11H13ClO5/c1-3-17-11(15)10(14)7-4-6(12)5-8(16-2)9(7)13/h4-5,10,13-14H,3H2,1-2H3. The Morgan fingerprint density at radius 2 is 2.18 bits per heavy atom. The molecule has 0 aliphatic rings. The molecule has 0 aliphatic heterocycles. The number of phenolic OH excluding ortho intramolecular Hbond substituents is 1. The number of hydrogen-bond donors (Lipinski definition) is 2. The molecule has 1 aromatic rings. The number of carbonyl (C=O) groups is 1. The van der Waals surface area contributed by atoms with Crippen molar-refractivity contribution in [2.45, 2.75) is 13.0 Å². The van der Waals surface area contributed by atoms with E-state index in [-0.39, 0.29) is 28.7 Å². The fraction of sp³-hybridized carbons (Fsp3) is 0.364. The van der Waals surface area contributed by atoms with E-state index in [1.54, 1.807) is 6.92 Å². The molecule has 0 aliphatic carbocycles. The number of rotatable bonds is 4. The molecule has 0 aromatic heterocycles. The number of ether oxygens (including phenoxy) is 2. The van der Waals surface area contributed by atoms with Crippen molar-refractivity contribution >= 4 is 17.6 Å². The second-order valence-electron chi connectivity index (χ2n) is 3.20. The van der Waals surface area contributed by atoms with Gasteiger partial charge >= 0.3 is 5.97 Å². The number of aliphatic hydroxyl groups excluding tert-OH is 1. The lowest BCUT2D eigenvalue weighted by molar-refractivity contribution is -0.153. The molecule has 6 heteroatoms. The smallest absolute Gasteiger partial charge is 0.339 e. The van der Waals surface area contributed by atoms with E-state index in [0.29, 0.717) is 0 Å². The molecule has 0 spiro atoms. The molecule has 0 heterocycles. The Balaban J connectivity index is 3.12. The van der Waals surface area contributed by atoms with Crippen molar-refractivity contribution in [1.29, 1.82) is 0 Å². The number of aromatic hydroxyl groups is 1. The number of carbonyl (C=O) groups excluding carboxylic acids is 1. The zero-order chi connectivity index (χ0) is 13.0. The molecule has 1 unspecified atom stereocenters. The maximum atomic E-state index is 11.3. The molecular weight excluding hydrogens is 248 g/mol. The van der Waals surface area contributed by atoms with Crippen molar-refractivity contribution in [2.75, 3.05) is 13.7 Å². The average molecular weight is 261 g/mol. The highest BCUT2D eigenvalue weighted by molar-refractivity contribution is 6.30. The maximum Gasteiger partial charge on any atom is 0.339 e. The van der Waals surface area contributed by atoms with Crippen LogP contribution in [0.25, 0.3) is 0 Å². The Kier molecular flexibility index (Phi) is 4.60. The van der Waals surface area contributed by atoms with Crippen LogP contribution in [0, 0.1) is 0 Å². The van der Waals surface area contributed by atoms with Gasteiger partial charge < -0.3 is 19.7 Å². The van der Waals surface area contributed by atoms with Gasteiger partial charge in [-0.1, -0.05) is 11.6 Å². The first kappa shape index (κ1) is 13.6. The Labute approximate surface area is 104 Å². The number of phenols is 1. The quantitative estimate of drug-likeness (QED) is 0.805. The molecule has 1 aromatic carbocycles. The van der Waals surface area contributed by atoms with E-state index in [4.69, 9.17) is 16.3 Å². The number of methoxy groups -OCH3 is 1. The molecule has 17 heavy (non-hydrogen) atoms. The lowest BCUT2D eigenvalue weighted by Gasteiger charge is -2.14. The van der Waals surface area contributed by atoms with E-state index in [1.807, 2.05) is 0 Å². The Morgan fingerprint density at radius 3 is 2.71 bits per heavy atom. The van der Waals surface area contributed by atoms with Crippen molar-refractivity contribution < 1.29 is 24.5 Å². The zero-order valence-corrected chi connectivity index (χ0v) is 10.2. The molecule has 0 bridgehead atoms. The van der Waals surface area contributed by atoms with Gasteiger partial charge in [-0.3, -0.25) is 0 Å². The van der Waals surface area contributed by atoms with Crippen molar-refractivity contribution in [3.05, 3.63) is 22.7 Å². The van der Waals surface area contributed by atoms with Gasteiger partial charge in [0.2, 0.25) is 0 Å². The predicted molar refractivity (Wildman–Crippen MR) is 61.3 cm³/mol. The molecule has 2 N–H and O–H groups in total. The Morgan fingerprint density at radius 1 is 1.53 bits per heavy atom. The SMILES string of the molecule is CCOC(=O)C(O)c1cc(Cl)cc(OC)c1O. The van der Waals surface area contributed by atoms with Crippen LogP contribution < -0.4 is 4.74 Å². The lowest BCUT2D eigenvalue weighted by Crippen LogP contribution is -2.15. The molecule has 1 atom stereocenters. The molecule has 0 saturated heterocycles. The van der Waals surface area contributed by atoms with Gasteiger partial charge in [-0.15, -0.1) is 0 Å². The topological polar surface area (TPSA) is 76.0 Å². The molecule has 1 rings (SSSR count). The normalized spacial score (nSPS) is 12.0. The van der Waals surface area contributed by atoms with Crippen molar-refractivity contribution in [3.8, 4) is 11.5 Å². The highest BCUT2D eigenvalue weighted by Gasteiger charge is 2.24. The van der Waals surface area contributed by atoms with Gasteiger partial charge in [0.25, 0.3) is 0 Å². The Bertz CT molecular complexity index is 419. The van der Waals surface area contributed by atoms with Crippen LogP contribution >= 0.6 is 11.6 Å². The number of benzene rings is 1. The molecule has 0 saturated carbocycles. The van der Waals surface area contributed by atoms with Crippen molar-refractivity contribution in [2.24, 2.45) is 0 Å². The van der Waals surface area contributed by atoms with Gasteiger partial charge in [-0.25, -0.2) is 4.79 Å². The van der Waals surface area contributed by atoms with Gasteiger partial charge in [0, 0.05) is 16.7 Å². The molecule has 0 radical (unpaired) electrons. The van der Waals surface area contributed by atoms with Crippen molar-refractivity contribution in [1.82, 2.24) is 0 Å². The summed E-state index contributed by atoms with van der Waals surface area (Å²) in [7, 11) is 1.34. The third-order valence-corrected chi connectivity index (χ3v) is 2.31. The first-order valence-corrected chi connectivity index (χ1v) is 5.30. The summed E-state index contributed by atoms with van der Waals surface area (Å²) in [6, 6.07) is 2.65. The summed E-state index contributed by atoms with van der Waals surface area (Å²) in [5.74, 6) is -1.11. The van der Waals surface area contributed by atoms with E-state index in [2.05, 4.69) is 4.74 Å². The second-order valence-corrected chi connectivity index (χ2v) is 3.64. The highest BCUT2D eigenvalue weighted by atomic mass is 35.5. The molecular formula is C11H13ClO5. The van der Waals surface area contributed by atoms with Crippen LogP contribution in [-0.2, 0) is 9.53 Å². The van der Waals surface area contributed by atoms with Gasteiger partial charge in [0.05, 0.1) is 13.7 Å². The highest BCUT2D eigenvalue weighted by Crippen LogP contribution is 2.37. The lowest BCUT2D eigenvalue weighted by atomic mass is 10.1. The third kappa shape index (κ3) is 3.01. The monoisotopic (exact) mass is 260 g/mol. The summed E-state index contributed by atoms with van der Waals surface area (Å²) >= 11 is 5.77. The first-order chi connectivity index (χ1) is 8.01. The van der Waals surface area contributed by atoms with E-state index in [0.717, 1.165) is 0 Å². The summed E-state index contributed by atoms with van der Waals surface area (Å²) in [6.45, 7) is 1.75. The minimum atomic E-state index is -1.59. The largest absolute Gasteiger partial charge is 0.504 e. The van der Waals surface area contributed by atoms with Crippen LogP contribution in [0.1, 0.15) is 18.6 Å². The van der Waals surface area contributed by atoms with Crippen molar-refractivity contribution in [3.63, 3.8) is 0 Å². The van der Waals surface area contributed by atoms with Gasteiger partial charge in [0.1, 0.15) is 0 Å². The number of hydrogen-bond acceptors (Lipinski definition) is 5. The van der Waals surface area contributed by atoms with E-state index in [9.17, 15) is 15.0 Å². The van der Waals surface area contributed by atoms with Gasteiger partial charge in [-0.05, 0) is 13.0 Å². The number of halogens is 1. The van der Waals surface area contributed by atoms with Gasteiger partial charge in [0.15, 0.2) is 17.6 Å². The Hall–Kier alpha value is -1.46. The van der Waals surface area contributed by atoms with E-state index >= 15 is 0 Å². The summed E-state index contributed by atoms with van der Waals surface area (Å²) in [5, 5.41) is 19.7. The van der Waals surface area contributed by atoms with Crippen LogP contribution in [0.15, 0.2) is 12.1 Å². The second kappa shape index (κ2) is 5.75. The minimum Gasteiger partial charge on any atom is -0.504 e. The number of esters is 1. The molecule has 5 nitrogen and oxygen atoms in total. The zero-order valence-electron chi connectivity index (χ0n) is 9.44. The van der Waals surface area contributed by atoms with E-state index < -0.39 is 12.1 Å². The van der Waals surface area contributed by atoms with Crippen LogP contribution in [0.5, 0.6) is 11.5 Å².